The maximum atomic E-state index is 13.7. The van der Waals surface area contributed by atoms with Gasteiger partial charge < -0.3 is 4.74 Å². The van der Waals surface area contributed by atoms with Crippen LogP contribution in [0.5, 0.6) is 5.75 Å². The number of rotatable bonds is 3. The lowest BCUT2D eigenvalue weighted by Crippen LogP contribution is -2.16. The van der Waals surface area contributed by atoms with E-state index in [-0.39, 0.29) is 17.0 Å². The zero-order valence-electron chi connectivity index (χ0n) is 12.2. The quantitative estimate of drug-likeness (QED) is 0.670. The van der Waals surface area contributed by atoms with E-state index < -0.39 is 29.5 Å². The average Bonchev–Trinajstić information content (AvgIpc) is 2.96. The van der Waals surface area contributed by atoms with Crippen LogP contribution >= 0.6 is 0 Å². The second-order valence-corrected chi connectivity index (χ2v) is 5.04. The highest BCUT2D eigenvalue weighted by Gasteiger charge is 2.38. The SMILES string of the molecule is C[C@@H](Oc1ccc(F)cc1F)c1ccn2cnnc2c1C(F)(F)F. The minimum atomic E-state index is -4.70. The van der Waals surface area contributed by atoms with E-state index in [1.165, 1.54) is 19.2 Å². The highest BCUT2D eigenvalue weighted by molar-refractivity contribution is 5.53. The molecular formula is C15H10F5N3O. The summed E-state index contributed by atoms with van der Waals surface area (Å²) in [5.74, 6) is -2.16. The summed E-state index contributed by atoms with van der Waals surface area (Å²) < 4.78 is 73.2. The summed E-state index contributed by atoms with van der Waals surface area (Å²) in [4.78, 5) is 0. The van der Waals surface area contributed by atoms with Crippen molar-refractivity contribution < 1.29 is 26.7 Å². The van der Waals surface area contributed by atoms with E-state index in [0.717, 1.165) is 22.9 Å². The van der Waals surface area contributed by atoms with E-state index in [0.29, 0.717) is 6.07 Å². The number of benzene rings is 1. The molecule has 3 rings (SSSR count). The molecule has 0 aliphatic heterocycles. The van der Waals surface area contributed by atoms with Crippen LogP contribution in [0.2, 0.25) is 0 Å². The fraction of sp³-hybridized carbons (Fsp3) is 0.200. The number of aromatic nitrogens is 3. The minimum Gasteiger partial charge on any atom is -0.483 e. The first-order valence-electron chi connectivity index (χ1n) is 6.78. The molecule has 0 saturated carbocycles. The van der Waals surface area contributed by atoms with Gasteiger partial charge in [0, 0.05) is 17.8 Å². The third kappa shape index (κ3) is 2.89. The molecule has 2 aromatic heterocycles. The van der Waals surface area contributed by atoms with E-state index in [9.17, 15) is 22.0 Å². The Hall–Kier alpha value is -2.71. The number of halogens is 5. The van der Waals surface area contributed by atoms with Crippen molar-refractivity contribution in [1.82, 2.24) is 14.6 Å². The number of fused-ring (bicyclic) bond motifs is 1. The van der Waals surface area contributed by atoms with Gasteiger partial charge in [0.2, 0.25) is 0 Å². The summed E-state index contributed by atoms with van der Waals surface area (Å²) in [5, 5.41) is 6.93. The fourth-order valence-corrected chi connectivity index (χ4v) is 2.36. The molecular weight excluding hydrogens is 333 g/mol. The summed E-state index contributed by atoms with van der Waals surface area (Å²) in [7, 11) is 0. The average molecular weight is 343 g/mol. The first kappa shape index (κ1) is 16.2. The van der Waals surface area contributed by atoms with Gasteiger partial charge in [0.1, 0.15) is 23.8 Å². The molecule has 4 nitrogen and oxygen atoms in total. The van der Waals surface area contributed by atoms with Crippen molar-refractivity contribution in [2.75, 3.05) is 0 Å². The smallest absolute Gasteiger partial charge is 0.420 e. The molecule has 0 bridgehead atoms. The Bertz CT molecular complexity index is 890. The summed E-state index contributed by atoms with van der Waals surface area (Å²) in [5.41, 5.74) is -1.63. The number of nitrogens with zero attached hydrogens (tertiary/aromatic N) is 3. The Balaban J connectivity index is 2.05. The monoisotopic (exact) mass is 343 g/mol. The molecule has 0 aliphatic carbocycles. The number of pyridine rings is 1. The lowest BCUT2D eigenvalue weighted by molar-refractivity contribution is -0.138. The molecule has 24 heavy (non-hydrogen) atoms. The van der Waals surface area contributed by atoms with Gasteiger partial charge in [-0.05, 0) is 25.1 Å². The minimum absolute atomic E-state index is 0.230. The molecule has 0 radical (unpaired) electrons. The van der Waals surface area contributed by atoms with Crippen LogP contribution in [-0.2, 0) is 6.18 Å². The van der Waals surface area contributed by atoms with E-state index in [2.05, 4.69) is 10.2 Å². The second kappa shape index (κ2) is 5.73. The topological polar surface area (TPSA) is 39.4 Å². The van der Waals surface area contributed by atoms with Crippen molar-refractivity contribution in [1.29, 1.82) is 0 Å². The first-order chi connectivity index (χ1) is 11.3. The zero-order chi connectivity index (χ0) is 17.5. The number of hydrogen-bond donors (Lipinski definition) is 0. The van der Waals surface area contributed by atoms with E-state index >= 15 is 0 Å². The molecule has 1 aromatic carbocycles. The van der Waals surface area contributed by atoms with Crippen LogP contribution in [0.25, 0.3) is 5.65 Å². The van der Waals surface area contributed by atoms with Crippen molar-refractivity contribution >= 4 is 5.65 Å². The van der Waals surface area contributed by atoms with Crippen molar-refractivity contribution in [2.24, 2.45) is 0 Å². The normalized spacial score (nSPS) is 13.2. The number of alkyl halides is 3. The van der Waals surface area contributed by atoms with Gasteiger partial charge in [-0.3, -0.25) is 4.40 Å². The molecule has 3 aromatic rings. The predicted octanol–water partition coefficient (Wildman–Crippen LogP) is 4.17. The largest absolute Gasteiger partial charge is 0.483 e. The summed E-state index contributed by atoms with van der Waals surface area (Å²) in [6.07, 6.45) is -3.37. The van der Waals surface area contributed by atoms with Crippen molar-refractivity contribution in [3.05, 3.63) is 59.6 Å². The molecule has 9 heteroatoms. The Morgan fingerprint density at radius 3 is 2.58 bits per heavy atom. The van der Waals surface area contributed by atoms with Crippen LogP contribution < -0.4 is 4.74 Å². The number of ether oxygens (including phenoxy) is 1. The first-order valence-corrected chi connectivity index (χ1v) is 6.78. The third-order valence-electron chi connectivity index (χ3n) is 3.42. The molecule has 0 saturated heterocycles. The molecule has 2 heterocycles. The molecule has 126 valence electrons. The lowest BCUT2D eigenvalue weighted by atomic mass is 10.0. The maximum Gasteiger partial charge on any atom is 0.420 e. The van der Waals surface area contributed by atoms with Gasteiger partial charge in [-0.1, -0.05) is 0 Å². The van der Waals surface area contributed by atoms with Crippen LogP contribution in [0.3, 0.4) is 0 Å². The molecule has 0 amide bonds. The molecule has 1 atom stereocenters. The van der Waals surface area contributed by atoms with Crippen molar-refractivity contribution in [3.8, 4) is 5.75 Å². The van der Waals surface area contributed by atoms with Crippen LogP contribution in [0, 0.1) is 11.6 Å². The third-order valence-corrected chi connectivity index (χ3v) is 3.42. The summed E-state index contributed by atoms with van der Waals surface area (Å²) in [6, 6.07) is 3.77. The van der Waals surface area contributed by atoms with Gasteiger partial charge >= 0.3 is 6.18 Å². The number of hydrogen-bond acceptors (Lipinski definition) is 3. The molecule has 0 fully saturated rings. The zero-order valence-corrected chi connectivity index (χ0v) is 12.2. The summed E-state index contributed by atoms with van der Waals surface area (Å²) in [6.45, 7) is 1.33. The van der Waals surface area contributed by atoms with Gasteiger partial charge in [0.15, 0.2) is 17.2 Å². The Morgan fingerprint density at radius 2 is 1.92 bits per heavy atom. The van der Waals surface area contributed by atoms with Gasteiger partial charge in [-0.15, -0.1) is 10.2 Å². The summed E-state index contributed by atoms with van der Waals surface area (Å²) >= 11 is 0. The molecule has 0 unspecified atom stereocenters. The molecule has 0 N–H and O–H groups in total. The van der Waals surface area contributed by atoms with Gasteiger partial charge in [0.05, 0.1) is 0 Å². The molecule has 0 spiro atoms. The highest BCUT2D eigenvalue weighted by atomic mass is 19.4. The standard InChI is InChI=1S/C15H10F5N3O/c1-8(24-12-3-2-9(16)6-11(12)17)10-4-5-23-7-21-22-14(23)13(10)15(18,19)20/h2-8H,1H3/t8-/m1/s1. The van der Waals surface area contributed by atoms with Crippen LogP contribution in [0.1, 0.15) is 24.2 Å². The van der Waals surface area contributed by atoms with Crippen molar-refractivity contribution in [2.45, 2.75) is 19.2 Å². The highest BCUT2D eigenvalue weighted by Crippen LogP contribution is 2.38. The van der Waals surface area contributed by atoms with Crippen LogP contribution in [-0.4, -0.2) is 14.6 Å². The van der Waals surface area contributed by atoms with Gasteiger partial charge in [-0.2, -0.15) is 13.2 Å². The van der Waals surface area contributed by atoms with E-state index in [4.69, 9.17) is 4.74 Å². The Kier molecular flexibility index (Phi) is 3.86. The predicted molar refractivity (Wildman–Crippen MR) is 73.4 cm³/mol. The Morgan fingerprint density at radius 1 is 1.17 bits per heavy atom. The Labute approximate surface area is 132 Å². The second-order valence-electron chi connectivity index (χ2n) is 5.04. The lowest BCUT2D eigenvalue weighted by Gasteiger charge is -2.20. The van der Waals surface area contributed by atoms with Crippen LogP contribution in [0.15, 0.2) is 36.8 Å². The van der Waals surface area contributed by atoms with E-state index in [1.807, 2.05) is 0 Å². The maximum absolute atomic E-state index is 13.7. The van der Waals surface area contributed by atoms with E-state index in [1.54, 1.807) is 0 Å². The van der Waals surface area contributed by atoms with Gasteiger partial charge in [0.25, 0.3) is 0 Å². The van der Waals surface area contributed by atoms with Crippen molar-refractivity contribution in [3.63, 3.8) is 0 Å². The van der Waals surface area contributed by atoms with Crippen LogP contribution in [0.4, 0.5) is 22.0 Å². The van der Waals surface area contributed by atoms with Gasteiger partial charge in [-0.25, -0.2) is 8.78 Å². The molecule has 0 aliphatic rings. The fourth-order valence-electron chi connectivity index (χ4n) is 2.36.